The van der Waals surface area contributed by atoms with Crippen molar-refractivity contribution in [2.45, 2.75) is 51.4 Å². The number of amides is 2. The number of fused-ring (bicyclic) bond motifs is 1. The van der Waals surface area contributed by atoms with E-state index in [9.17, 15) is 22.8 Å². The maximum absolute atomic E-state index is 13.1. The van der Waals surface area contributed by atoms with Gasteiger partial charge in [0.25, 0.3) is 5.91 Å². The summed E-state index contributed by atoms with van der Waals surface area (Å²) in [5.41, 5.74) is 3.39. The van der Waals surface area contributed by atoms with Crippen molar-refractivity contribution < 1.29 is 27.5 Å². The van der Waals surface area contributed by atoms with Crippen molar-refractivity contribution in [3.8, 4) is 5.75 Å². The Morgan fingerprint density at radius 3 is 2.81 bits per heavy atom. The number of halogens is 3. The van der Waals surface area contributed by atoms with E-state index in [1.165, 1.54) is 18.9 Å². The van der Waals surface area contributed by atoms with E-state index in [2.05, 4.69) is 10.6 Å². The molecular formula is C26H29F3N4O3S. The zero-order valence-corrected chi connectivity index (χ0v) is 21.1. The standard InChI is InChI=1S/C26H29F3N4O3S/c27-26(28,29)15-36-20-3-1-2-17(10-20)6-7-19-11-21-23(25(35)31-19)22(12-30-24(34)18-13-37-14-18)33(32-21)9-8-16-4-5-16/h1-3,7,10,16,18H,4-6,8-9,11-15H2,(H,30,34)(H,31,35)/b19-7+. The van der Waals surface area contributed by atoms with Crippen LogP contribution in [0.2, 0.25) is 0 Å². The molecule has 0 unspecified atom stereocenters. The maximum Gasteiger partial charge on any atom is 0.422 e. The normalized spacial score (nSPS) is 18.8. The van der Waals surface area contributed by atoms with Gasteiger partial charge in [0.15, 0.2) is 6.61 Å². The van der Waals surface area contributed by atoms with E-state index in [0.29, 0.717) is 42.3 Å². The molecule has 7 nitrogen and oxygen atoms in total. The smallest absolute Gasteiger partial charge is 0.422 e. The second-order valence-electron chi connectivity index (χ2n) is 9.79. The number of aromatic nitrogens is 2. The van der Waals surface area contributed by atoms with Gasteiger partial charge in [0.05, 0.1) is 29.4 Å². The van der Waals surface area contributed by atoms with Crippen molar-refractivity contribution >= 4 is 23.6 Å². The number of nitrogens with zero attached hydrogens (tertiary/aromatic N) is 2. The Labute approximate surface area is 217 Å². The monoisotopic (exact) mass is 534 g/mol. The fourth-order valence-corrected chi connectivity index (χ4v) is 5.21. The summed E-state index contributed by atoms with van der Waals surface area (Å²) >= 11 is 1.75. The van der Waals surface area contributed by atoms with Crippen molar-refractivity contribution in [3.05, 3.63) is 58.6 Å². The van der Waals surface area contributed by atoms with Crippen LogP contribution in [-0.4, -0.2) is 45.9 Å². The van der Waals surface area contributed by atoms with Crippen LogP contribution < -0.4 is 15.4 Å². The average Bonchev–Trinajstić information content (AvgIpc) is 3.57. The molecule has 2 N–H and O–H groups in total. The lowest BCUT2D eigenvalue weighted by atomic mass is 10.0. The highest BCUT2D eigenvalue weighted by atomic mass is 32.2. The molecule has 2 amide bonds. The minimum Gasteiger partial charge on any atom is -0.484 e. The zero-order chi connectivity index (χ0) is 26.0. The number of hydrogen-bond acceptors (Lipinski definition) is 5. The predicted octanol–water partition coefficient (Wildman–Crippen LogP) is 4.02. The third-order valence-electron chi connectivity index (χ3n) is 6.76. The number of carbonyl (C=O) groups excluding carboxylic acids is 2. The highest BCUT2D eigenvalue weighted by Gasteiger charge is 2.32. The van der Waals surface area contributed by atoms with Gasteiger partial charge in [-0.25, -0.2) is 0 Å². The number of thioether (sulfide) groups is 1. The summed E-state index contributed by atoms with van der Waals surface area (Å²) in [5, 5.41) is 10.7. The first-order chi connectivity index (χ1) is 17.7. The molecule has 2 fully saturated rings. The first-order valence-corrected chi connectivity index (χ1v) is 13.6. The number of aryl methyl sites for hydroxylation is 1. The lowest BCUT2D eigenvalue weighted by molar-refractivity contribution is -0.153. The molecule has 3 heterocycles. The molecule has 1 aromatic heterocycles. The van der Waals surface area contributed by atoms with E-state index in [-0.39, 0.29) is 30.0 Å². The third kappa shape index (κ3) is 6.68. The highest BCUT2D eigenvalue weighted by Crippen LogP contribution is 2.33. The van der Waals surface area contributed by atoms with Gasteiger partial charge in [-0.15, -0.1) is 0 Å². The fraction of sp³-hybridized carbons (Fsp3) is 0.500. The van der Waals surface area contributed by atoms with Crippen LogP contribution in [0, 0.1) is 11.8 Å². The number of benzene rings is 1. The topological polar surface area (TPSA) is 85.2 Å². The van der Waals surface area contributed by atoms with E-state index in [1.54, 1.807) is 30.0 Å². The lowest BCUT2D eigenvalue weighted by Crippen LogP contribution is -2.38. The number of rotatable bonds is 10. The molecule has 1 saturated heterocycles. The van der Waals surface area contributed by atoms with Crippen molar-refractivity contribution in [2.24, 2.45) is 11.8 Å². The SMILES string of the molecule is O=C1N/C(=C/Cc2cccc(OCC(F)(F)F)c2)Cc2nn(CCC3CC3)c(CNC(=O)C3CSC3)c21. The van der Waals surface area contributed by atoms with Crippen LogP contribution >= 0.6 is 11.8 Å². The van der Waals surface area contributed by atoms with Gasteiger partial charge >= 0.3 is 6.18 Å². The number of ether oxygens (including phenoxy) is 1. The molecule has 1 aromatic carbocycles. The lowest BCUT2D eigenvalue weighted by Gasteiger charge is -2.24. The van der Waals surface area contributed by atoms with E-state index in [1.807, 2.05) is 10.8 Å². The van der Waals surface area contributed by atoms with Crippen LogP contribution in [0.25, 0.3) is 0 Å². The minimum absolute atomic E-state index is 0.0145. The van der Waals surface area contributed by atoms with Crippen molar-refractivity contribution in [1.29, 1.82) is 0 Å². The van der Waals surface area contributed by atoms with Crippen LogP contribution in [-0.2, 0) is 30.7 Å². The highest BCUT2D eigenvalue weighted by molar-refractivity contribution is 8.00. The number of carbonyl (C=O) groups is 2. The van der Waals surface area contributed by atoms with Gasteiger partial charge in [-0.3, -0.25) is 14.3 Å². The summed E-state index contributed by atoms with van der Waals surface area (Å²) in [6.45, 7) is -0.369. The minimum atomic E-state index is -4.40. The number of hydrogen-bond donors (Lipinski definition) is 2. The van der Waals surface area contributed by atoms with Crippen LogP contribution in [0.4, 0.5) is 13.2 Å². The third-order valence-corrected chi connectivity index (χ3v) is 8.04. The largest absolute Gasteiger partial charge is 0.484 e. The summed E-state index contributed by atoms with van der Waals surface area (Å²) in [6.07, 6.45) is 1.74. The van der Waals surface area contributed by atoms with Gasteiger partial charge in [0.1, 0.15) is 5.75 Å². The van der Waals surface area contributed by atoms with E-state index in [0.717, 1.165) is 29.2 Å². The summed E-state index contributed by atoms with van der Waals surface area (Å²) in [7, 11) is 0. The van der Waals surface area contributed by atoms with Crippen molar-refractivity contribution in [1.82, 2.24) is 20.4 Å². The quantitative estimate of drug-likeness (QED) is 0.481. The Balaban J connectivity index is 1.28. The molecular weight excluding hydrogens is 505 g/mol. The zero-order valence-electron chi connectivity index (χ0n) is 20.3. The Hall–Kier alpha value is -2.95. The molecule has 0 bridgehead atoms. The van der Waals surface area contributed by atoms with E-state index >= 15 is 0 Å². The van der Waals surface area contributed by atoms with Crippen molar-refractivity contribution in [2.75, 3.05) is 18.1 Å². The van der Waals surface area contributed by atoms with Gasteiger partial charge < -0.3 is 15.4 Å². The Kier molecular flexibility index (Phi) is 7.50. The second kappa shape index (κ2) is 10.8. The molecule has 37 heavy (non-hydrogen) atoms. The summed E-state index contributed by atoms with van der Waals surface area (Å²) < 4.78 is 44.1. The molecule has 1 aliphatic carbocycles. The van der Waals surface area contributed by atoms with Gasteiger partial charge in [0.2, 0.25) is 5.91 Å². The van der Waals surface area contributed by atoms with Crippen molar-refractivity contribution in [3.63, 3.8) is 0 Å². The fourth-order valence-electron chi connectivity index (χ4n) is 4.44. The number of allylic oxidation sites excluding steroid dienone is 2. The molecule has 0 radical (unpaired) electrons. The Morgan fingerprint density at radius 1 is 1.30 bits per heavy atom. The van der Waals surface area contributed by atoms with Gasteiger partial charge in [-0.05, 0) is 36.5 Å². The van der Waals surface area contributed by atoms with E-state index in [4.69, 9.17) is 9.84 Å². The van der Waals surface area contributed by atoms with Gasteiger partial charge in [-0.1, -0.05) is 31.1 Å². The van der Waals surface area contributed by atoms with Crippen LogP contribution in [0.5, 0.6) is 5.75 Å². The molecule has 198 valence electrons. The molecule has 5 rings (SSSR count). The summed E-state index contributed by atoms with van der Waals surface area (Å²) in [4.78, 5) is 25.5. The molecule has 3 aliphatic rings. The first-order valence-electron chi connectivity index (χ1n) is 12.5. The van der Waals surface area contributed by atoms with Crippen LogP contribution in [0.15, 0.2) is 36.0 Å². The molecule has 0 atom stereocenters. The summed E-state index contributed by atoms with van der Waals surface area (Å²) in [5.74, 6) is 2.30. The van der Waals surface area contributed by atoms with Gasteiger partial charge in [-0.2, -0.15) is 30.0 Å². The summed E-state index contributed by atoms with van der Waals surface area (Å²) in [6, 6.07) is 6.48. The Bertz CT molecular complexity index is 1200. The molecule has 0 spiro atoms. The molecule has 1 saturated carbocycles. The van der Waals surface area contributed by atoms with Crippen LogP contribution in [0.1, 0.15) is 46.6 Å². The second-order valence-corrected chi connectivity index (χ2v) is 10.9. The first kappa shape index (κ1) is 25.7. The van der Waals surface area contributed by atoms with Gasteiger partial charge in [0, 0.05) is 30.2 Å². The maximum atomic E-state index is 13.1. The predicted molar refractivity (Wildman–Crippen MR) is 133 cm³/mol. The average molecular weight is 535 g/mol. The number of nitrogens with one attached hydrogen (secondary N) is 2. The molecule has 11 heteroatoms. The number of alkyl halides is 3. The molecule has 2 aliphatic heterocycles. The van der Waals surface area contributed by atoms with E-state index < -0.39 is 12.8 Å². The Morgan fingerprint density at radius 2 is 2.11 bits per heavy atom. The van der Waals surface area contributed by atoms with Crippen LogP contribution in [0.3, 0.4) is 0 Å². The molecule has 2 aromatic rings.